The number of esters is 1. The SMILES string of the molecule is COC(=O)[C@H](CC(C)C)NC(=O)c1[nH]c(=O)oc1Cc1ccccc1. The molecule has 0 aliphatic heterocycles. The second-order valence-corrected chi connectivity index (χ2v) is 6.15. The van der Waals surface area contributed by atoms with Crippen molar-refractivity contribution in [3.05, 3.63) is 57.9 Å². The van der Waals surface area contributed by atoms with E-state index in [1.807, 2.05) is 44.2 Å². The first-order chi connectivity index (χ1) is 11.9. The molecule has 2 rings (SSSR count). The molecule has 7 nitrogen and oxygen atoms in total. The highest BCUT2D eigenvalue weighted by atomic mass is 16.5. The number of oxazole rings is 1. The van der Waals surface area contributed by atoms with Gasteiger partial charge in [0.2, 0.25) is 0 Å². The highest BCUT2D eigenvalue weighted by Gasteiger charge is 2.26. The Kier molecular flexibility index (Phi) is 6.16. The van der Waals surface area contributed by atoms with E-state index in [1.54, 1.807) is 0 Å². The van der Waals surface area contributed by atoms with Crippen LogP contribution in [0, 0.1) is 5.92 Å². The number of benzene rings is 1. The summed E-state index contributed by atoms with van der Waals surface area (Å²) >= 11 is 0. The van der Waals surface area contributed by atoms with Gasteiger partial charge in [-0.2, -0.15) is 0 Å². The minimum Gasteiger partial charge on any atom is -0.467 e. The number of carbonyl (C=O) groups is 2. The zero-order chi connectivity index (χ0) is 18.4. The molecule has 0 radical (unpaired) electrons. The molecule has 0 aliphatic carbocycles. The highest BCUT2D eigenvalue weighted by molar-refractivity contribution is 5.96. The number of methoxy groups -OCH3 is 1. The van der Waals surface area contributed by atoms with Gasteiger partial charge in [0, 0.05) is 6.42 Å². The summed E-state index contributed by atoms with van der Waals surface area (Å²) in [5.74, 6) is -1.42. The molecule has 0 bridgehead atoms. The number of hydrogen-bond donors (Lipinski definition) is 2. The van der Waals surface area contributed by atoms with Gasteiger partial charge >= 0.3 is 11.7 Å². The molecule has 0 saturated heterocycles. The third-order valence-electron chi connectivity index (χ3n) is 3.65. The van der Waals surface area contributed by atoms with E-state index in [-0.39, 0.29) is 23.8 Å². The molecule has 2 aromatic rings. The van der Waals surface area contributed by atoms with Crippen LogP contribution in [0.3, 0.4) is 0 Å². The first-order valence-corrected chi connectivity index (χ1v) is 8.05. The first kappa shape index (κ1) is 18.5. The molecule has 0 fully saturated rings. The molecule has 1 amide bonds. The van der Waals surface area contributed by atoms with Crippen LogP contribution in [0.25, 0.3) is 0 Å². The van der Waals surface area contributed by atoms with Gasteiger partial charge in [-0.05, 0) is 17.9 Å². The fraction of sp³-hybridized carbons (Fsp3) is 0.389. The maximum Gasteiger partial charge on any atom is 0.417 e. The van der Waals surface area contributed by atoms with E-state index in [4.69, 9.17) is 9.15 Å². The Bertz CT molecular complexity index is 776. The van der Waals surface area contributed by atoms with Crippen molar-refractivity contribution in [1.29, 1.82) is 0 Å². The third kappa shape index (κ3) is 5.07. The Balaban J connectivity index is 2.20. The number of H-pyrrole nitrogens is 1. The summed E-state index contributed by atoms with van der Waals surface area (Å²) in [5.41, 5.74) is 0.914. The van der Waals surface area contributed by atoms with Crippen LogP contribution in [0.15, 0.2) is 39.5 Å². The van der Waals surface area contributed by atoms with Crippen molar-refractivity contribution < 1.29 is 18.7 Å². The Morgan fingerprint density at radius 3 is 2.52 bits per heavy atom. The van der Waals surface area contributed by atoms with Crippen LogP contribution in [-0.2, 0) is 16.0 Å². The highest BCUT2D eigenvalue weighted by Crippen LogP contribution is 2.13. The summed E-state index contributed by atoms with van der Waals surface area (Å²) in [6.45, 7) is 3.87. The van der Waals surface area contributed by atoms with Crippen LogP contribution in [0.4, 0.5) is 0 Å². The average Bonchev–Trinajstić information content (AvgIpc) is 2.94. The second kappa shape index (κ2) is 8.32. The van der Waals surface area contributed by atoms with Gasteiger partial charge in [0.05, 0.1) is 7.11 Å². The summed E-state index contributed by atoms with van der Waals surface area (Å²) in [6, 6.07) is 8.53. The van der Waals surface area contributed by atoms with Crippen LogP contribution in [0.5, 0.6) is 0 Å². The van der Waals surface area contributed by atoms with E-state index in [0.717, 1.165) is 5.56 Å². The topological polar surface area (TPSA) is 101 Å². The number of aromatic amines is 1. The van der Waals surface area contributed by atoms with Crippen molar-refractivity contribution in [2.45, 2.75) is 32.7 Å². The van der Waals surface area contributed by atoms with E-state index >= 15 is 0 Å². The molecule has 1 aromatic carbocycles. The standard InChI is InChI=1S/C18H22N2O5/c1-11(2)9-13(17(22)24-3)19-16(21)15-14(25-18(23)20-15)10-12-7-5-4-6-8-12/h4-8,11,13H,9-10H2,1-3H3,(H,19,21)(H,20,23)/t13-/m0/s1. The van der Waals surface area contributed by atoms with Crippen LogP contribution in [0.2, 0.25) is 0 Å². The quantitative estimate of drug-likeness (QED) is 0.745. The summed E-state index contributed by atoms with van der Waals surface area (Å²) in [4.78, 5) is 38.4. The largest absolute Gasteiger partial charge is 0.467 e. The number of carbonyl (C=O) groups excluding carboxylic acids is 2. The van der Waals surface area contributed by atoms with Crippen LogP contribution in [0.1, 0.15) is 42.1 Å². The number of rotatable bonds is 7. The maximum atomic E-state index is 12.5. The molecular weight excluding hydrogens is 324 g/mol. The Hall–Kier alpha value is -2.83. The van der Waals surface area contributed by atoms with Gasteiger partial charge in [0.1, 0.15) is 17.5 Å². The van der Waals surface area contributed by atoms with E-state index in [1.165, 1.54) is 7.11 Å². The van der Waals surface area contributed by atoms with Gasteiger partial charge in [-0.25, -0.2) is 9.59 Å². The van der Waals surface area contributed by atoms with Crippen molar-refractivity contribution in [2.75, 3.05) is 7.11 Å². The molecule has 7 heteroatoms. The van der Waals surface area contributed by atoms with Gasteiger partial charge in [-0.15, -0.1) is 0 Å². The first-order valence-electron chi connectivity index (χ1n) is 8.05. The minimum absolute atomic E-state index is 0.0199. The molecule has 134 valence electrons. The Morgan fingerprint density at radius 2 is 1.92 bits per heavy atom. The van der Waals surface area contributed by atoms with Gasteiger partial charge in [-0.1, -0.05) is 44.2 Å². The van der Waals surface area contributed by atoms with Crippen LogP contribution >= 0.6 is 0 Å². The second-order valence-electron chi connectivity index (χ2n) is 6.15. The van der Waals surface area contributed by atoms with Crippen LogP contribution < -0.4 is 11.1 Å². The molecule has 0 aliphatic rings. The van der Waals surface area contributed by atoms with Gasteiger partial charge in [0.25, 0.3) is 5.91 Å². The van der Waals surface area contributed by atoms with Gasteiger partial charge in [0.15, 0.2) is 0 Å². The lowest BCUT2D eigenvalue weighted by molar-refractivity contribution is -0.143. The van der Waals surface area contributed by atoms with Gasteiger partial charge < -0.3 is 14.5 Å². The van der Waals surface area contributed by atoms with E-state index in [9.17, 15) is 14.4 Å². The smallest absolute Gasteiger partial charge is 0.417 e. The van der Waals surface area contributed by atoms with Crippen molar-refractivity contribution in [3.8, 4) is 0 Å². The van der Waals surface area contributed by atoms with Crippen LogP contribution in [-0.4, -0.2) is 30.0 Å². The Labute approximate surface area is 145 Å². The lowest BCUT2D eigenvalue weighted by Gasteiger charge is -2.18. The maximum absolute atomic E-state index is 12.5. The van der Waals surface area contributed by atoms with E-state index in [0.29, 0.717) is 6.42 Å². The lowest BCUT2D eigenvalue weighted by Crippen LogP contribution is -2.42. The summed E-state index contributed by atoms with van der Waals surface area (Å²) in [6.07, 6.45) is 0.712. The fourth-order valence-corrected chi connectivity index (χ4v) is 2.51. The molecule has 0 unspecified atom stereocenters. The van der Waals surface area contributed by atoms with Gasteiger partial charge in [-0.3, -0.25) is 9.78 Å². The molecule has 2 N–H and O–H groups in total. The normalized spacial score (nSPS) is 12.0. The number of nitrogens with one attached hydrogen (secondary N) is 2. The lowest BCUT2D eigenvalue weighted by atomic mass is 10.0. The summed E-state index contributed by atoms with van der Waals surface area (Å²) in [5, 5.41) is 2.61. The fourth-order valence-electron chi connectivity index (χ4n) is 2.51. The van der Waals surface area contributed by atoms with E-state index in [2.05, 4.69) is 10.3 Å². The zero-order valence-electron chi connectivity index (χ0n) is 14.5. The predicted molar refractivity (Wildman–Crippen MR) is 91.3 cm³/mol. The minimum atomic E-state index is -0.791. The van der Waals surface area contributed by atoms with Crippen molar-refractivity contribution in [3.63, 3.8) is 0 Å². The molecule has 1 atom stereocenters. The number of ether oxygens (including phenoxy) is 1. The Morgan fingerprint density at radius 1 is 1.24 bits per heavy atom. The monoisotopic (exact) mass is 346 g/mol. The molecule has 0 spiro atoms. The molecule has 0 saturated carbocycles. The summed E-state index contributed by atoms with van der Waals surface area (Å²) in [7, 11) is 1.27. The molecule has 25 heavy (non-hydrogen) atoms. The number of aromatic nitrogens is 1. The number of hydrogen-bond acceptors (Lipinski definition) is 5. The molecule has 1 aromatic heterocycles. The average molecular weight is 346 g/mol. The van der Waals surface area contributed by atoms with Crippen molar-refractivity contribution >= 4 is 11.9 Å². The van der Waals surface area contributed by atoms with E-state index < -0.39 is 23.7 Å². The third-order valence-corrected chi connectivity index (χ3v) is 3.65. The summed E-state index contributed by atoms with van der Waals surface area (Å²) < 4.78 is 9.83. The predicted octanol–water partition coefficient (Wildman–Crippen LogP) is 1.88. The zero-order valence-corrected chi connectivity index (χ0v) is 14.5. The molecular formula is C18H22N2O5. The molecule has 1 heterocycles. The van der Waals surface area contributed by atoms with Crippen molar-refractivity contribution in [1.82, 2.24) is 10.3 Å². The number of amides is 1. The van der Waals surface area contributed by atoms with Crippen molar-refractivity contribution in [2.24, 2.45) is 5.92 Å².